The number of halogens is 3. The van der Waals surface area contributed by atoms with Crippen molar-refractivity contribution in [3.8, 4) is 0 Å². The average Bonchev–Trinajstić information content (AvgIpc) is 1.98. The van der Waals surface area contributed by atoms with Gasteiger partial charge in [-0.15, -0.1) is 0 Å². The second kappa shape index (κ2) is 5.85. The van der Waals surface area contributed by atoms with E-state index in [2.05, 4.69) is 5.32 Å². The molecular weight excluding hydrogens is 199 g/mol. The topological polar surface area (TPSA) is 49.3 Å². The van der Waals surface area contributed by atoms with Crippen molar-refractivity contribution in [1.82, 2.24) is 5.32 Å². The van der Waals surface area contributed by atoms with E-state index in [0.717, 1.165) is 0 Å². The van der Waals surface area contributed by atoms with E-state index >= 15 is 0 Å². The number of aliphatic hydroxyl groups is 1. The molecule has 1 atom stereocenters. The molecule has 1 amide bonds. The van der Waals surface area contributed by atoms with Crippen LogP contribution in [0, 0.1) is 0 Å². The van der Waals surface area contributed by atoms with Crippen LogP contribution in [0.5, 0.6) is 0 Å². The third-order valence-corrected chi connectivity index (χ3v) is 1.52. The van der Waals surface area contributed by atoms with Gasteiger partial charge in [-0.2, -0.15) is 13.2 Å². The highest BCUT2D eigenvalue weighted by Gasteiger charge is 2.26. The highest BCUT2D eigenvalue weighted by Crippen LogP contribution is 2.18. The molecule has 0 fully saturated rings. The monoisotopic (exact) mass is 213 g/mol. The number of alkyl halides is 3. The van der Waals surface area contributed by atoms with E-state index in [-0.39, 0.29) is 12.8 Å². The summed E-state index contributed by atoms with van der Waals surface area (Å²) in [5, 5.41) is 10.9. The lowest BCUT2D eigenvalue weighted by Crippen LogP contribution is -2.28. The molecule has 84 valence electrons. The summed E-state index contributed by atoms with van der Waals surface area (Å²) in [5.41, 5.74) is 0. The van der Waals surface area contributed by atoms with Crippen molar-refractivity contribution in [2.45, 2.75) is 38.5 Å². The molecule has 0 aromatic rings. The maximum Gasteiger partial charge on any atom is 0.390 e. The molecule has 0 aromatic heterocycles. The maximum absolute atomic E-state index is 11.6. The number of nitrogens with one attached hydrogen (secondary N) is 1. The van der Waals surface area contributed by atoms with Crippen molar-refractivity contribution in [3.05, 3.63) is 0 Å². The SMILES string of the molecule is CC(O)CCC(=O)NCCC(F)(F)F. The lowest BCUT2D eigenvalue weighted by Gasteiger charge is -2.08. The summed E-state index contributed by atoms with van der Waals surface area (Å²) in [4.78, 5) is 10.8. The number of amides is 1. The zero-order valence-corrected chi connectivity index (χ0v) is 7.90. The average molecular weight is 213 g/mol. The molecule has 0 saturated carbocycles. The van der Waals surface area contributed by atoms with Crippen LogP contribution in [0.4, 0.5) is 13.2 Å². The van der Waals surface area contributed by atoms with Gasteiger partial charge in [-0.1, -0.05) is 0 Å². The Labute approximate surface area is 80.3 Å². The van der Waals surface area contributed by atoms with Gasteiger partial charge in [0.2, 0.25) is 5.91 Å². The molecule has 0 aromatic carbocycles. The molecule has 0 heterocycles. The summed E-state index contributed by atoms with van der Waals surface area (Å²) in [6.45, 7) is 1.12. The van der Waals surface area contributed by atoms with Crippen LogP contribution in [0.25, 0.3) is 0 Å². The van der Waals surface area contributed by atoms with Gasteiger partial charge < -0.3 is 10.4 Å². The molecule has 0 spiro atoms. The Kier molecular flexibility index (Phi) is 5.52. The fourth-order valence-electron chi connectivity index (χ4n) is 0.772. The van der Waals surface area contributed by atoms with Gasteiger partial charge in [0.1, 0.15) is 0 Å². The van der Waals surface area contributed by atoms with Crippen LogP contribution in [-0.2, 0) is 4.79 Å². The van der Waals surface area contributed by atoms with E-state index in [1.807, 2.05) is 0 Å². The molecule has 0 rings (SSSR count). The molecule has 3 nitrogen and oxygen atoms in total. The third-order valence-electron chi connectivity index (χ3n) is 1.52. The fraction of sp³-hybridized carbons (Fsp3) is 0.875. The minimum Gasteiger partial charge on any atom is -0.393 e. The van der Waals surface area contributed by atoms with E-state index in [1.54, 1.807) is 0 Å². The quantitative estimate of drug-likeness (QED) is 0.721. The van der Waals surface area contributed by atoms with Gasteiger partial charge >= 0.3 is 6.18 Å². The Morgan fingerprint density at radius 1 is 1.50 bits per heavy atom. The van der Waals surface area contributed by atoms with Gasteiger partial charge in [0.15, 0.2) is 0 Å². The van der Waals surface area contributed by atoms with Gasteiger partial charge in [0.25, 0.3) is 0 Å². The normalized spacial score (nSPS) is 13.8. The van der Waals surface area contributed by atoms with Gasteiger partial charge in [-0.25, -0.2) is 0 Å². The van der Waals surface area contributed by atoms with Gasteiger partial charge in [0, 0.05) is 13.0 Å². The van der Waals surface area contributed by atoms with E-state index < -0.39 is 31.2 Å². The summed E-state index contributed by atoms with van der Waals surface area (Å²) >= 11 is 0. The second-order valence-corrected chi connectivity index (χ2v) is 3.10. The summed E-state index contributed by atoms with van der Waals surface area (Å²) < 4.78 is 34.9. The van der Waals surface area contributed by atoms with Crippen LogP contribution >= 0.6 is 0 Å². The van der Waals surface area contributed by atoms with Crippen molar-refractivity contribution in [1.29, 1.82) is 0 Å². The molecular formula is C8H14F3NO2. The number of rotatable bonds is 5. The van der Waals surface area contributed by atoms with E-state index in [0.29, 0.717) is 0 Å². The second-order valence-electron chi connectivity index (χ2n) is 3.10. The van der Waals surface area contributed by atoms with Crippen LogP contribution < -0.4 is 5.32 Å². The molecule has 0 saturated heterocycles. The largest absolute Gasteiger partial charge is 0.393 e. The Morgan fingerprint density at radius 3 is 2.50 bits per heavy atom. The number of carbonyl (C=O) groups is 1. The van der Waals surface area contributed by atoms with Gasteiger partial charge in [-0.05, 0) is 13.3 Å². The van der Waals surface area contributed by atoms with Gasteiger partial charge in [0.05, 0.1) is 12.5 Å². The number of carbonyl (C=O) groups excluding carboxylic acids is 1. The number of hydrogen-bond donors (Lipinski definition) is 2. The number of hydrogen-bond acceptors (Lipinski definition) is 2. The summed E-state index contributed by atoms with van der Waals surface area (Å²) in [5.74, 6) is -0.463. The minimum atomic E-state index is -4.24. The fourth-order valence-corrected chi connectivity index (χ4v) is 0.772. The highest BCUT2D eigenvalue weighted by atomic mass is 19.4. The smallest absolute Gasteiger partial charge is 0.390 e. The summed E-state index contributed by atoms with van der Waals surface area (Å²) in [7, 11) is 0. The van der Waals surface area contributed by atoms with Crippen LogP contribution in [0.3, 0.4) is 0 Å². The third kappa shape index (κ3) is 9.31. The first-order valence-corrected chi connectivity index (χ1v) is 4.33. The predicted molar refractivity (Wildman–Crippen MR) is 44.6 cm³/mol. The molecule has 2 N–H and O–H groups in total. The first kappa shape index (κ1) is 13.2. The predicted octanol–water partition coefficient (Wildman–Crippen LogP) is 1.22. The standard InChI is InChI=1S/C8H14F3NO2/c1-6(13)2-3-7(14)12-5-4-8(9,10)11/h6,13H,2-5H2,1H3,(H,12,14). The molecule has 0 aliphatic carbocycles. The lowest BCUT2D eigenvalue weighted by molar-refractivity contribution is -0.135. The lowest BCUT2D eigenvalue weighted by atomic mass is 10.2. The Hall–Kier alpha value is -0.780. The minimum absolute atomic E-state index is 0.0511. The van der Waals surface area contributed by atoms with Crippen molar-refractivity contribution in [3.63, 3.8) is 0 Å². The van der Waals surface area contributed by atoms with Crippen LogP contribution in [0.1, 0.15) is 26.2 Å². The first-order chi connectivity index (χ1) is 6.31. The summed E-state index contributed by atoms with van der Waals surface area (Å²) in [6.07, 6.45) is -5.55. The van der Waals surface area contributed by atoms with Crippen molar-refractivity contribution < 1.29 is 23.1 Å². The van der Waals surface area contributed by atoms with Crippen molar-refractivity contribution in [2.24, 2.45) is 0 Å². The van der Waals surface area contributed by atoms with E-state index in [4.69, 9.17) is 5.11 Å². The molecule has 6 heteroatoms. The van der Waals surface area contributed by atoms with Gasteiger partial charge in [-0.3, -0.25) is 4.79 Å². The van der Waals surface area contributed by atoms with E-state index in [1.165, 1.54) is 6.92 Å². The zero-order valence-electron chi connectivity index (χ0n) is 7.90. The molecule has 0 aliphatic rings. The maximum atomic E-state index is 11.6. The Bertz CT molecular complexity index is 180. The Morgan fingerprint density at radius 2 is 2.07 bits per heavy atom. The Balaban J connectivity index is 3.46. The zero-order chi connectivity index (χ0) is 11.2. The first-order valence-electron chi connectivity index (χ1n) is 4.33. The van der Waals surface area contributed by atoms with Crippen molar-refractivity contribution >= 4 is 5.91 Å². The van der Waals surface area contributed by atoms with Crippen LogP contribution in [0.15, 0.2) is 0 Å². The molecule has 14 heavy (non-hydrogen) atoms. The van der Waals surface area contributed by atoms with E-state index in [9.17, 15) is 18.0 Å². The molecule has 0 bridgehead atoms. The van der Waals surface area contributed by atoms with Crippen molar-refractivity contribution in [2.75, 3.05) is 6.54 Å². The summed E-state index contributed by atoms with van der Waals surface area (Å²) in [6, 6.07) is 0. The molecule has 0 radical (unpaired) electrons. The molecule has 0 aliphatic heterocycles. The molecule has 1 unspecified atom stereocenters. The van der Waals surface area contributed by atoms with Crippen LogP contribution in [0.2, 0.25) is 0 Å². The highest BCUT2D eigenvalue weighted by molar-refractivity contribution is 5.75. The van der Waals surface area contributed by atoms with Crippen LogP contribution in [-0.4, -0.2) is 29.8 Å². The number of aliphatic hydroxyl groups excluding tert-OH is 1.